The molecule has 6 heteroatoms. The minimum atomic E-state index is -0.912. The van der Waals surface area contributed by atoms with Crippen molar-refractivity contribution in [1.82, 2.24) is 4.90 Å². The minimum absolute atomic E-state index is 0.0541. The number of aliphatic carboxylic acids is 1. The average molecular weight is 307 g/mol. The molecule has 1 heterocycles. The number of hydrogen-bond donors (Lipinski definition) is 1. The average Bonchev–Trinajstić information content (AvgIpc) is 2.90. The van der Waals surface area contributed by atoms with Crippen LogP contribution in [-0.2, 0) is 25.7 Å². The van der Waals surface area contributed by atoms with Crippen molar-refractivity contribution in [2.45, 2.75) is 31.6 Å². The van der Waals surface area contributed by atoms with Crippen molar-refractivity contribution in [2.75, 3.05) is 20.3 Å². The fourth-order valence-corrected chi connectivity index (χ4v) is 2.66. The Labute approximate surface area is 129 Å². The molecule has 1 aromatic carbocycles. The van der Waals surface area contributed by atoms with Crippen molar-refractivity contribution >= 4 is 11.9 Å². The Morgan fingerprint density at radius 1 is 1.32 bits per heavy atom. The number of carbonyl (C=O) groups is 2. The monoisotopic (exact) mass is 307 g/mol. The summed E-state index contributed by atoms with van der Waals surface area (Å²) in [6, 6.07) is 9.26. The van der Waals surface area contributed by atoms with E-state index in [1.807, 2.05) is 30.3 Å². The molecule has 1 N–H and O–H groups in total. The normalized spacial score (nSPS) is 21.0. The second kappa shape index (κ2) is 7.91. The molecule has 2 rings (SSSR count). The lowest BCUT2D eigenvalue weighted by atomic mass is 10.1. The first-order chi connectivity index (χ1) is 10.6. The van der Waals surface area contributed by atoms with Crippen LogP contribution < -0.4 is 0 Å². The third-order valence-electron chi connectivity index (χ3n) is 3.78. The van der Waals surface area contributed by atoms with E-state index in [1.54, 1.807) is 12.0 Å². The SMILES string of the molecule is COC1CC(CC(=O)O)N(C(=O)COCc2ccccc2)C1. The zero-order valence-electron chi connectivity index (χ0n) is 12.6. The molecule has 0 saturated carbocycles. The lowest BCUT2D eigenvalue weighted by molar-refractivity contribution is -0.141. The molecule has 0 bridgehead atoms. The van der Waals surface area contributed by atoms with Gasteiger partial charge in [0.25, 0.3) is 0 Å². The summed E-state index contributed by atoms with van der Waals surface area (Å²) in [5, 5.41) is 8.95. The largest absolute Gasteiger partial charge is 0.481 e. The van der Waals surface area contributed by atoms with Gasteiger partial charge in [-0.1, -0.05) is 30.3 Å². The lowest BCUT2D eigenvalue weighted by Gasteiger charge is -2.23. The quantitative estimate of drug-likeness (QED) is 0.821. The van der Waals surface area contributed by atoms with E-state index < -0.39 is 5.97 Å². The number of ether oxygens (including phenoxy) is 2. The first-order valence-corrected chi connectivity index (χ1v) is 7.26. The van der Waals surface area contributed by atoms with Gasteiger partial charge in [-0.2, -0.15) is 0 Å². The van der Waals surface area contributed by atoms with Gasteiger partial charge in [0.05, 0.1) is 19.1 Å². The van der Waals surface area contributed by atoms with Crippen LogP contribution in [-0.4, -0.2) is 54.3 Å². The van der Waals surface area contributed by atoms with Crippen molar-refractivity contribution in [3.05, 3.63) is 35.9 Å². The van der Waals surface area contributed by atoms with E-state index in [1.165, 1.54) is 0 Å². The van der Waals surface area contributed by atoms with Gasteiger partial charge in [0.15, 0.2) is 0 Å². The number of methoxy groups -OCH3 is 1. The number of amides is 1. The predicted octanol–water partition coefficient (Wildman–Crippen LogP) is 1.29. The predicted molar refractivity (Wildman–Crippen MR) is 79.3 cm³/mol. The Balaban J connectivity index is 1.85. The Morgan fingerprint density at radius 3 is 2.68 bits per heavy atom. The van der Waals surface area contributed by atoms with Crippen LogP contribution >= 0.6 is 0 Å². The van der Waals surface area contributed by atoms with Gasteiger partial charge >= 0.3 is 5.97 Å². The molecule has 120 valence electrons. The van der Waals surface area contributed by atoms with Gasteiger partial charge in [-0.15, -0.1) is 0 Å². The summed E-state index contributed by atoms with van der Waals surface area (Å²) >= 11 is 0. The Kier molecular flexibility index (Phi) is 5.91. The summed E-state index contributed by atoms with van der Waals surface area (Å²) in [7, 11) is 1.57. The summed E-state index contributed by atoms with van der Waals surface area (Å²) in [4.78, 5) is 24.7. The van der Waals surface area contributed by atoms with Crippen molar-refractivity contribution in [3.8, 4) is 0 Å². The fraction of sp³-hybridized carbons (Fsp3) is 0.500. The highest BCUT2D eigenvalue weighted by atomic mass is 16.5. The highest BCUT2D eigenvalue weighted by Gasteiger charge is 2.36. The number of nitrogens with zero attached hydrogens (tertiary/aromatic N) is 1. The van der Waals surface area contributed by atoms with Crippen LogP contribution in [0.1, 0.15) is 18.4 Å². The Morgan fingerprint density at radius 2 is 2.05 bits per heavy atom. The summed E-state index contributed by atoms with van der Waals surface area (Å²) in [6.07, 6.45) is 0.375. The van der Waals surface area contributed by atoms with E-state index in [2.05, 4.69) is 0 Å². The number of carboxylic acids is 1. The number of hydrogen-bond acceptors (Lipinski definition) is 4. The topological polar surface area (TPSA) is 76.1 Å². The molecule has 1 aromatic rings. The van der Waals surface area contributed by atoms with Crippen LogP contribution in [0.4, 0.5) is 0 Å². The number of carboxylic acid groups (broad SMARTS) is 1. The molecule has 2 atom stereocenters. The van der Waals surface area contributed by atoms with E-state index in [4.69, 9.17) is 14.6 Å². The van der Waals surface area contributed by atoms with Crippen LogP contribution in [0.25, 0.3) is 0 Å². The molecule has 0 aliphatic carbocycles. The Hall–Kier alpha value is -1.92. The van der Waals surface area contributed by atoms with Crippen molar-refractivity contribution in [3.63, 3.8) is 0 Å². The molecule has 1 saturated heterocycles. The van der Waals surface area contributed by atoms with Crippen LogP contribution in [0.5, 0.6) is 0 Å². The van der Waals surface area contributed by atoms with Crippen molar-refractivity contribution in [2.24, 2.45) is 0 Å². The molecule has 1 aliphatic rings. The molecule has 1 fully saturated rings. The first-order valence-electron chi connectivity index (χ1n) is 7.26. The molecule has 22 heavy (non-hydrogen) atoms. The number of rotatable bonds is 7. The van der Waals surface area contributed by atoms with E-state index in [9.17, 15) is 9.59 Å². The second-order valence-corrected chi connectivity index (χ2v) is 5.37. The summed E-state index contributed by atoms with van der Waals surface area (Å²) in [5.74, 6) is -1.11. The maximum atomic E-state index is 12.2. The molecule has 0 aromatic heterocycles. The smallest absolute Gasteiger partial charge is 0.305 e. The molecule has 0 spiro atoms. The van der Waals surface area contributed by atoms with E-state index in [0.29, 0.717) is 19.6 Å². The molecule has 2 unspecified atom stereocenters. The first kappa shape index (κ1) is 16.5. The Bertz CT molecular complexity index is 505. The van der Waals surface area contributed by atoms with Gasteiger partial charge in [-0.05, 0) is 12.0 Å². The number of likely N-dealkylation sites (tertiary alicyclic amines) is 1. The number of benzene rings is 1. The molecule has 1 aliphatic heterocycles. The van der Waals surface area contributed by atoms with Gasteiger partial charge in [-0.25, -0.2) is 0 Å². The van der Waals surface area contributed by atoms with Gasteiger partial charge in [0, 0.05) is 19.7 Å². The standard InChI is InChI=1S/C16H21NO5/c1-21-14-7-13(8-16(19)20)17(9-14)15(18)11-22-10-12-5-3-2-4-6-12/h2-6,13-14H,7-11H2,1H3,(H,19,20). The minimum Gasteiger partial charge on any atom is -0.481 e. The van der Waals surface area contributed by atoms with Crippen LogP contribution in [0.15, 0.2) is 30.3 Å². The summed E-state index contributed by atoms with van der Waals surface area (Å²) < 4.78 is 10.7. The highest BCUT2D eigenvalue weighted by molar-refractivity contribution is 5.79. The van der Waals surface area contributed by atoms with Crippen molar-refractivity contribution < 1.29 is 24.2 Å². The zero-order chi connectivity index (χ0) is 15.9. The maximum Gasteiger partial charge on any atom is 0.305 e. The maximum absolute atomic E-state index is 12.2. The van der Waals surface area contributed by atoms with Gasteiger partial charge in [0.1, 0.15) is 6.61 Å². The zero-order valence-corrected chi connectivity index (χ0v) is 12.6. The molecule has 1 amide bonds. The van der Waals surface area contributed by atoms with Crippen LogP contribution in [0, 0.1) is 0 Å². The lowest BCUT2D eigenvalue weighted by Crippen LogP contribution is -2.39. The molecular weight excluding hydrogens is 286 g/mol. The number of carbonyl (C=O) groups excluding carboxylic acids is 1. The third kappa shape index (κ3) is 4.54. The van der Waals surface area contributed by atoms with Crippen LogP contribution in [0.3, 0.4) is 0 Å². The van der Waals surface area contributed by atoms with Crippen molar-refractivity contribution in [1.29, 1.82) is 0 Å². The third-order valence-corrected chi connectivity index (χ3v) is 3.78. The van der Waals surface area contributed by atoms with Gasteiger partial charge < -0.3 is 19.5 Å². The molecule has 6 nitrogen and oxygen atoms in total. The van der Waals surface area contributed by atoms with E-state index in [-0.39, 0.29) is 31.1 Å². The molecule has 0 radical (unpaired) electrons. The summed E-state index contributed by atoms with van der Waals surface area (Å²) in [6.45, 7) is 0.723. The molecular formula is C16H21NO5. The van der Waals surface area contributed by atoms with E-state index >= 15 is 0 Å². The van der Waals surface area contributed by atoms with Crippen LogP contribution in [0.2, 0.25) is 0 Å². The summed E-state index contributed by atoms with van der Waals surface area (Å²) in [5.41, 5.74) is 0.994. The van der Waals surface area contributed by atoms with E-state index in [0.717, 1.165) is 5.56 Å². The van der Waals surface area contributed by atoms with Gasteiger partial charge in [-0.3, -0.25) is 9.59 Å². The van der Waals surface area contributed by atoms with Gasteiger partial charge in [0.2, 0.25) is 5.91 Å². The second-order valence-electron chi connectivity index (χ2n) is 5.37. The highest BCUT2D eigenvalue weighted by Crippen LogP contribution is 2.22. The fourth-order valence-electron chi connectivity index (χ4n) is 2.66.